The molecule has 0 bridgehead atoms. The van der Waals surface area contributed by atoms with Crippen LogP contribution in [0.5, 0.6) is 0 Å². The van der Waals surface area contributed by atoms with Crippen LogP contribution in [0.2, 0.25) is 5.02 Å². The van der Waals surface area contributed by atoms with Crippen LogP contribution >= 0.6 is 11.6 Å². The Bertz CT molecular complexity index is 537. The second-order valence-corrected chi connectivity index (χ2v) is 6.14. The van der Waals surface area contributed by atoms with Gasteiger partial charge in [0.2, 0.25) is 0 Å². The number of fused-ring (bicyclic) bond motifs is 1. The van der Waals surface area contributed by atoms with E-state index in [-0.39, 0.29) is 11.8 Å². The van der Waals surface area contributed by atoms with Gasteiger partial charge in [0.15, 0.2) is 5.60 Å². The lowest BCUT2D eigenvalue weighted by molar-refractivity contribution is -0.141. The zero-order valence-electron chi connectivity index (χ0n) is 11.0. The highest BCUT2D eigenvalue weighted by Gasteiger charge is 2.51. The van der Waals surface area contributed by atoms with Gasteiger partial charge >= 0.3 is 0 Å². The topological polar surface area (TPSA) is 49.3 Å². The number of carbonyl (C=O) groups is 1. The molecular weight excluding hydrogens is 262 g/mol. The highest BCUT2D eigenvalue weighted by atomic mass is 35.5. The number of aryl methyl sites for hydroxylation is 1. The van der Waals surface area contributed by atoms with Crippen molar-refractivity contribution in [1.82, 2.24) is 0 Å². The van der Waals surface area contributed by atoms with Gasteiger partial charge in [-0.25, -0.2) is 0 Å². The van der Waals surface area contributed by atoms with E-state index in [0.29, 0.717) is 10.6 Å². The molecule has 1 unspecified atom stereocenters. The van der Waals surface area contributed by atoms with Crippen LogP contribution in [-0.4, -0.2) is 11.0 Å². The van der Waals surface area contributed by atoms with Gasteiger partial charge in [0.05, 0.1) is 5.69 Å². The Morgan fingerprint density at radius 1 is 1.32 bits per heavy atom. The summed E-state index contributed by atoms with van der Waals surface area (Å²) in [6, 6.07) is 3.55. The van der Waals surface area contributed by atoms with E-state index in [2.05, 4.69) is 5.32 Å². The third-order valence-electron chi connectivity index (χ3n) is 4.49. The molecule has 0 radical (unpaired) electrons. The molecule has 1 saturated carbocycles. The maximum absolute atomic E-state index is 12.3. The molecule has 0 spiro atoms. The van der Waals surface area contributed by atoms with Crippen LogP contribution in [0.15, 0.2) is 12.1 Å². The highest BCUT2D eigenvalue weighted by molar-refractivity contribution is 6.31. The maximum atomic E-state index is 12.3. The van der Waals surface area contributed by atoms with Crippen LogP contribution in [0.1, 0.15) is 43.2 Å². The first-order valence-corrected chi connectivity index (χ1v) is 7.25. The molecule has 1 aromatic carbocycles. The van der Waals surface area contributed by atoms with Crippen LogP contribution in [0, 0.1) is 12.8 Å². The lowest BCUT2D eigenvalue weighted by atomic mass is 9.74. The molecule has 0 aromatic heterocycles. The van der Waals surface area contributed by atoms with Gasteiger partial charge < -0.3 is 10.4 Å². The summed E-state index contributed by atoms with van der Waals surface area (Å²) in [4.78, 5) is 12.3. The smallest absolute Gasteiger partial charge is 0.261 e. The van der Waals surface area contributed by atoms with E-state index < -0.39 is 5.60 Å². The maximum Gasteiger partial charge on any atom is 0.261 e. The van der Waals surface area contributed by atoms with E-state index in [1.807, 2.05) is 13.0 Å². The zero-order valence-corrected chi connectivity index (χ0v) is 11.8. The molecule has 1 atom stereocenters. The predicted molar refractivity (Wildman–Crippen MR) is 75.3 cm³/mol. The molecule has 1 fully saturated rings. The van der Waals surface area contributed by atoms with Crippen molar-refractivity contribution in [2.45, 2.75) is 44.6 Å². The molecule has 2 N–H and O–H groups in total. The molecular formula is C15H18ClNO2. The quantitative estimate of drug-likeness (QED) is 0.828. The van der Waals surface area contributed by atoms with Gasteiger partial charge in [-0.3, -0.25) is 4.79 Å². The summed E-state index contributed by atoms with van der Waals surface area (Å²) in [6.07, 6.45) is 5.14. The predicted octanol–water partition coefficient (Wildman–Crippen LogP) is 3.37. The Morgan fingerprint density at radius 3 is 2.68 bits per heavy atom. The number of nitrogens with one attached hydrogen (secondary N) is 1. The van der Waals surface area contributed by atoms with Crippen LogP contribution in [0.3, 0.4) is 0 Å². The summed E-state index contributed by atoms with van der Waals surface area (Å²) in [5.74, 6) is -0.292. The Kier molecular flexibility index (Phi) is 3.06. The fraction of sp³-hybridized carbons (Fsp3) is 0.533. The minimum absolute atomic E-state index is 0.000340. The summed E-state index contributed by atoms with van der Waals surface area (Å²) >= 11 is 6.09. The second-order valence-electron chi connectivity index (χ2n) is 5.70. The van der Waals surface area contributed by atoms with Crippen molar-refractivity contribution < 1.29 is 9.90 Å². The summed E-state index contributed by atoms with van der Waals surface area (Å²) < 4.78 is 0. The number of amides is 1. The molecule has 1 aromatic rings. The minimum Gasteiger partial charge on any atom is -0.375 e. The molecule has 3 nitrogen and oxygen atoms in total. The zero-order chi connectivity index (χ0) is 13.6. The molecule has 1 heterocycles. The first kappa shape index (κ1) is 12.9. The number of benzene rings is 1. The van der Waals surface area contributed by atoms with Crippen molar-refractivity contribution >= 4 is 23.2 Å². The number of hydrogen-bond acceptors (Lipinski definition) is 2. The summed E-state index contributed by atoms with van der Waals surface area (Å²) in [6.45, 7) is 1.90. The number of halogens is 1. The highest BCUT2D eigenvalue weighted by Crippen LogP contribution is 2.48. The van der Waals surface area contributed by atoms with Crippen LogP contribution < -0.4 is 5.32 Å². The standard InChI is InChI=1S/C15H18ClNO2/c1-9-7-11(16)8-12-13(9)17-14(18)15(12,19)10-5-3-2-4-6-10/h7-8,10,19H,2-6H2,1H3,(H,17,18). The summed E-state index contributed by atoms with van der Waals surface area (Å²) in [5, 5.41) is 14.4. The largest absolute Gasteiger partial charge is 0.375 e. The average Bonchev–Trinajstić information content (AvgIpc) is 2.66. The third kappa shape index (κ3) is 1.87. The Morgan fingerprint density at radius 2 is 2.00 bits per heavy atom. The van der Waals surface area contributed by atoms with Crippen molar-refractivity contribution in [3.63, 3.8) is 0 Å². The van der Waals surface area contributed by atoms with Gasteiger partial charge in [-0.1, -0.05) is 30.9 Å². The molecule has 4 heteroatoms. The van der Waals surface area contributed by atoms with E-state index in [1.165, 1.54) is 6.42 Å². The summed E-state index contributed by atoms with van der Waals surface area (Å²) in [5.41, 5.74) is 0.908. The van der Waals surface area contributed by atoms with Crippen LogP contribution in [-0.2, 0) is 10.4 Å². The number of aliphatic hydroxyl groups is 1. The molecule has 3 rings (SSSR count). The monoisotopic (exact) mass is 279 g/mol. The fourth-order valence-electron chi connectivity index (χ4n) is 3.47. The Labute approximate surface area is 118 Å². The van der Waals surface area contributed by atoms with Gasteiger partial charge in [-0.05, 0) is 37.5 Å². The number of anilines is 1. The molecule has 0 saturated heterocycles. The number of carbonyl (C=O) groups excluding carboxylic acids is 1. The second kappa shape index (κ2) is 4.50. The Balaban J connectivity index is 2.10. The van der Waals surface area contributed by atoms with Gasteiger partial charge in [-0.2, -0.15) is 0 Å². The molecule has 2 aliphatic rings. The van der Waals surface area contributed by atoms with Crippen molar-refractivity contribution in [3.8, 4) is 0 Å². The first-order valence-electron chi connectivity index (χ1n) is 6.88. The van der Waals surface area contributed by atoms with Gasteiger partial charge in [0, 0.05) is 16.5 Å². The lowest BCUT2D eigenvalue weighted by Gasteiger charge is -2.33. The van der Waals surface area contributed by atoms with Crippen molar-refractivity contribution in [2.24, 2.45) is 5.92 Å². The molecule has 1 aliphatic heterocycles. The van der Waals surface area contributed by atoms with E-state index >= 15 is 0 Å². The first-order chi connectivity index (χ1) is 9.03. The molecule has 1 aliphatic carbocycles. The average molecular weight is 280 g/mol. The molecule has 19 heavy (non-hydrogen) atoms. The SMILES string of the molecule is Cc1cc(Cl)cc2c1NC(=O)C2(O)C1CCCCC1. The lowest BCUT2D eigenvalue weighted by Crippen LogP contribution is -2.42. The van der Waals surface area contributed by atoms with Gasteiger partial charge in [0.1, 0.15) is 0 Å². The number of rotatable bonds is 1. The van der Waals surface area contributed by atoms with Crippen molar-refractivity contribution in [3.05, 3.63) is 28.3 Å². The van der Waals surface area contributed by atoms with Gasteiger partial charge in [0.25, 0.3) is 5.91 Å². The van der Waals surface area contributed by atoms with Gasteiger partial charge in [-0.15, -0.1) is 0 Å². The van der Waals surface area contributed by atoms with E-state index in [9.17, 15) is 9.90 Å². The van der Waals surface area contributed by atoms with E-state index in [4.69, 9.17) is 11.6 Å². The normalized spacial score (nSPS) is 27.2. The van der Waals surface area contributed by atoms with Crippen LogP contribution in [0.25, 0.3) is 0 Å². The van der Waals surface area contributed by atoms with Crippen molar-refractivity contribution in [1.29, 1.82) is 0 Å². The van der Waals surface area contributed by atoms with E-state index in [1.54, 1.807) is 6.07 Å². The van der Waals surface area contributed by atoms with Crippen molar-refractivity contribution in [2.75, 3.05) is 5.32 Å². The molecule has 1 amide bonds. The molecule has 102 valence electrons. The fourth-order valence-corrected chi connectivity index (χ4v) is 3.74. The summed E-state index contributed by atoms with van der Waals surface area (Å²) in [7, 11) is 0. The minimum atomic E-state index is -1.40. The number of hydrogen-bond donors (Lipinski definition) is 2. The Hall–Kier alpha value is -1.06. The third-order valence-corrected chi connectivity index (χ3v) is 4.71. The van der Waals surface area contributed by atoms with E-state index in [0.717, 1.165) is 36.9 Å². The van der Waals surface area contributed by atoms with Crippen LogP contribution in [0.4, 0.5) is 5.69 Å².